The summed E-state index contributed by atoms with van der Waals surface area (Å²) < 4.78 is 5.50. The second-order valence-electron chi connectivity index (χ2n) is 5.17. The van der Waals surface area contributed by atoms with Crippen LogP contribution in [0, 0.1) is 5.92 Å². The standard InChI is InChI=1S/C16H22N2O2/c17-15-4-1-3-13(11-15)7-8-16(19)18-9-2-10-20-12-14-5-6-14/h1,3-4,7-8,11,14H,2,5-6,9-10,12,17H2,(H,18,19)/b8-7+. The Morgan fingerprint density at radius 1 is 1.45 bits per heavy atom. The summed E-state index contributed by atoms with van der Waals surface area (Å²) in [6.45, 7) is 2.24. The fourth-order valence-corrected chi connectivity index (χ4v) is 1.81. The molecule has 0 unspecified atom stereocenters. The van der Waals surface area contributed by atoms with Crippen LogP contribution in [0.15, 0.2) is 30.3 Å². The number of ether oxygens (including phenoxy) is 1. The maximum atomic E-state index is 11.6. The first-order valence-electron chi connectivity index (χ1n) is 7.13. The molecule has 0 radical (unpaired) electrons. The van der Waals surface area contributed by atoms with Gasteiger partial charge in [0.2, 0.25) is 5.91 Å². The zero-order valence-corrected chi connectivity index (χ0v) is 11.7. The summed E-state index contributed by atoms with van der Waals surface area (Å²) in [6.07, 6.45) is 6.76. The number of nitrogens with two attached hydrogens (primary N) is 1. The minimum atomic E-state index is -0.0883. The number of rotatable bonds is 8. The molecule has 1 aliphatic rings. The third-order valence-corrected chi connectivity index (χ3v) is 3.15. The van der Waals surface area contributed by atoms with Gasteiger partial charge in [-0.25, -0.2) is 0 Å². The fourth-order valence-electron chi connectivity index (χ4n) is 1.81. The predicted octanol–water partition coefficient (Wildman–Crippen LogP) is 2.21. The van der Waals surface area contributed by atoms with E-state index in [9.17, 15) is 4.79 Å². The van der Waals surface area contributed by atoms with Gasteiger partial charge in [-0.15, -0.1) is 0 Å². The van der Waals surface area contributed by atoms with Crippen molar-refractivity contribution in [3.8, 4) is 0 Å². The largest absolute Gasteiger partial charge is 0.399 e. The summed E-state index contributed by atoms with van der Waals surface area (Å²) in [4.78, 5) is 11.6. The van der Waals surface area contributed by atoms with E-state index in [4.69, 9.17) is 10.5 Å². The first kappa shape index (κ1) is 14.6. The third kappa shape index (κ3) is 5.89. The lowest BCUT2D eigenvalue weighted by molar-refractivity contribution is -0.116. The van der Waals surface area contributed by atoms with E-state index >= 15 is 0 Å². The Kier molecular flexibility index (Phi) is 5.62. The van der Waals surface area contributed by atoms with E-state index in [2.05, 4.69) is 5.32 Å². The van der Waals surface area contributed by atoms with E-state index < -0.39 is 0 Å². The number of amides is 1. The van der Waals surface area contributed by atoms with E-state index in [1.807, 2.05) is 24.3 Å². The molecule has 1 aliphatic carbocycles. The van der Waals surface area contributed by atoms with Crippen LogP contribution in [0.2, 0.25) is 0 Å². The van der Waals surface area contributed by atoms with E-state index in [1.165, 1.54) is 18.9 Å². The molecule has 4 heteroatoms. The van der Waals surface area contributed by atoms with E-state index in [1.54, 1.807) is 6.08 Å². The lowest BCUT2D eigenvalue weighted by Gasteiger charge is -2.03. The van der Waals surface area contributed by atoms with Crippen LogP contribution < -0.4 is 11.1 Å². The molecule has 0 aromatic heterocycles. The molecule has 0 aliphatic heterocycles. The molecule has 0 bridgehead atoms. The minimum absolute atomic E-state index is 0.0883. The van der Waals surface area contributed by atoms with Gasteiger partial charge in [0.15, 0.2) is 0 Å². The molecule has 0 atom stereocenters. The number of hydrogen-bond acceptors (Lipinski definition) is 3. The summed E-state index contributed by atoms with van der Waals surface area (Å²) in [5.74, 6) is 0.709. The van der Waals surface area contributed by atoms with Crippen LogP contribution in [0.25, 0.3) is 6.08 Å². The Labute approximate surface area is 120 Å². The highest BCUT2D eigenvalue weighted by Gasteiger charge is 2.20. The summed E-state index contributed by atoms with van der Waals surface area (Å²) in [6, 6.07) is 7.42. The minimum Gasteiger partial charge on any atom is -0.399 e. The topological polar surface area (TPSA) is 64.4 Å². The van der Waals surface area contributed by atoms with E-state index in [0.29, 0.717) is 12.2 Å². The van der Waals surface area contributed by atoms with Crippen molar-refractivity contribution in [1.82, 2.24) is 5.32 Å². The fraction of sp³-hybridized carbons (Fsp3) is 0.438. The molecule has 3 N–H and O–H groups in total. The molecule has 1 fully saturated rings. The molecule has 0 saturated heterocycles. The first-order chi connectivity index (χ1) is 9.74. The molecule has 0 spiro atoms. The maximum absolute atomic E-state index is 11.6. The molecule has 20 heavy (non-hydrogen) atoms. The second-order valence-corrected chi connectivity index (χ2v) is 5.17. The lowest BCUT2D eigenvalue weighted by atomic mass is 10.2. The second kappa shape index (κ2) is 7.70. The van der Waals surface area contributed by atoms with Crippen LogP contribution in [0.1, 0.15) is 24.8 Å². The van der Waals surface area contributed by atoms with Crippen molar-refractivity contribution >= 4 is 17.7 Å². The Morgan fingerprint density at radius 3 is 3.05 bits per heavy atom. The molecule has 1 saturated carbocycles. The van der Waals surface area contributed by atoms with Crippen LogP contribution in [0.3, 0.4) is 0 Å². The molecule has 0 heterocycles. The quantitative estimate of drug-likeness (QED) is 0.434. The Balaban J connectivity index is 1.57. The van der Waals surface area contributed by atoms with Crippen molar-refractivity contribution in [2.75, 3.05) is 25.5 Å². The van der Waals surface area contributed by atoms with Gasteiger partial charge in [-0.2, -0.15) is 0 Å². The van der Waals surface area contributed by atoms with Gasteiger partial charge in [-0.1, -0.05) is 12.1 Å². The van der Waals surface area contributed by atoms with Gasteiger partial charge in [-0.05, 0) is 49.0 Å². The number of hydrogen-bond donors (Lipinski definition) is 2. The Bertz CT molecular complexity index is 467. The Morgan fingerprint density at radius 2 is 2.30 bits per heavy atom. The average Bonchev–Trinajstić information content (AvgIpc) is 3.24. The zero-order chi connectivity index (χ0) is 14.2. The number of carbonyl (C=O) groups excluding carboxylic acids is 1. The first-order valence-corrected chi connectivity index (χ1v) is 7.13. The highest BCUT2D eigenvalue weighted by molar-refractivity contribution is 5.91. The predicted molar refractivity (Wildman–Crippen MR) is 81.1 cm³/mol. The van der Waals surface area contributed by atoms with Gasteiger partial charge in [-0.3, -0.25) is 4.79 Å². The van der Waals surface area contributed by atoms with Gasteiger partial charge in [0.25, 0.3) is 0 Å². The molecule has 2 rings (SSSR count). The number of benzene rings is 1. The summed E-state index contributed by atoms with van der Waals surface area (Å²) in [7, 11) is 0. The van der Waals surface area contributed by atoms with Crippen molar-refractivity contribution < 1.29 is 9.53 Å². The molecule has 1 aromatic carbocycles. The maximum Gasteiger partial charge on any atom is 0.244 e. The summed E-state index contributed by atoms with van der Waals surface area (Å²) in [5, 5.41) is 2.83. The third-order valence-electron chi connectivity index (χ3n) is 3.15. The van der Waals surface area contributed by atoms with Crippen molar-refractivity contribution in [2.24, 2.45) is 5.92 Å². The molecule has 1 amide bonds. The monoisotopic (exact) mass is 274 g/mol. The van der Waals surface area contributed by atoms with Crippen molar-refractivity contribution in [1.29, 1.82) is 0 Å². The molecule has 4 nitrogen and oxygen atoms in total. The smallest absolute Gasteiger partial charge is 0.244 e. The number of carbonyl (C=O) groups is 1. The van der Waals surface area contributed by atoms with Crippen LogP contribution in [-0.4, -0.2) is 25.7 Å². The number of anilines is 1. The average molecular weight is 274 g/mol. The van der Waals surface area contributed by atoms with Gasteiger partial charge in [0, 0.05) is 31.5 Å². The van der Waals surface area contributed by atoms with Crippen LogP contribution in [-0.2, 0) is 9.53 Å². The van der Waals surface area contributed by atoms with Gasteiger partial charge in [0.1, 0.15) is 0 Å². The summed E-state index contributed by atoms with van der Waals surface area (Å²) >= 11 is 0. The van der Waals surface area contributed by atoms with E-state index in [0.717, 1.165) is 31.1 Å². The zero-order valence-electron chi connectivity index (χ0n) is 11.7. The van der Waals surface area contributed by atoms with Gasteiger partial charge >= 0.3 is 0 Å². The number of nitrogens with one attached hydrogen (secondary N) is 1. The van der Waals surface area contributed by atoms with Crippen LogP contribution >= 0.6 is 0 Å². The molecule has 1 aromatic rings. The number of nitrogen functional groups attached to an aromatic ring is 1. The van der Waals surface area contributed by atoms with Gasteiger partial charge < -0.3 is 15.8 Å². The lowest BCUT2D eigenvalue weighted by Crippen LogP contribution is -2.23. The van der Waals surface area contributed by atoms with Crippen molar-refractivity contribution in [2.45, 2.75) is 19.3 Å². The SMILES string of the molecule is Nc1cccc(/C=C/C(=O)NCCCOCC2CC2)c1. The van der Waals surface area contributed by atoms with Crippen molar-refractivity contribution in [3.63, 3.8) is 0 Å². The normalized spacial score (nSPS) is 14.6. The molecular formula is C16H22N2O2. The highest BCUT2D eigenvalue weighted by Crippen LogP contribution is 2.28. The van der Waals surface area contributed by atoms with Crippen molar-refractivity contribution in [3.05, 3.63) is 35.9 Å². The van der Waals surface area contributed by atoms with Crippen LogP contribution in [0.4, 0.5) is 5.69 Å². The van der Waals surface area contributed by atoms with Crippen LogP contribution in [0.5, 0.6) is 0 Å². The highest BCUT2D eigenvalue weighted by atomic mass is 16.5. The van der Waals surface area contributed by atoms with E-state index in [-0.39, 0.29) is 5.91 Å². The van der Waals surface area contributed by atoms with Gasteiger partial charge in [0.05, 0.1) is 0 Å². The Hall–Kier alpha value is -1.81. The molecule has 108 valence electrons. The molecular weight excluding hydrogens is 252 g/mol. The summed E-state index contributed by atoms with van der Waals surface area (Å²) in [5.41, 5.74) is 7.29.